The van der Waals surface area contributed by atoms with E-state index < -0.39 is 17.5 Å². The molecule has 4 nitrogen and oxygen atoms in total. The first-order valence-corrected chi connectivity index (χ1v) is 8.66. The lowest BCUT2D eigenvalue weighted by molar-refractivity contribution is -0.164. The van der Waals surface area contributed by atoms with Gasteiger partial charge in [0.25, 0.3) is 0 Å². The summed E-state index contributed by atoms with van der Waals surface area (Å²) >= 11 is 0. The number of likely N-dealkylation sites (tertiary alicyclic amines) is 1. The van der Waals surface area contributed by atoms with E-state index in [1.54, 1.807) is 0 Å². The van der Waals surface area contributed by atoms with E-state index in [1.165, 1.54) is 16.3 Å². The standard InChI is InChI=1S/C20H25NO3/c1-2-10-20(19(23)24)14-21(11-9-18(20)22)13-15-7-8-16-5-3-4-6-17(16)12-15/h3-8,12,18,22H,2,9-11,13-14H2,1H3,(H,23,24)/t18-,20+/m0/s1. The van der Waals surface area contributed by atoms with Crippen LogP contribution >= 0.6 is 0 Å². The third kappa shape index (κ3) is 3.17. The molecule has 2 aromatic rings. The van der Waals surface area contributed by atoms with Crippen molar-refractivity contribution in [1.29, 1.82) is 0 Å². The molecule has 0 unspecified atom stereocenters. The van der Waals surface area contributed by atoms with Crippen molar-refractivity contribution in [2.75, 3.05) is 13.1 Å². The second kappa shape index (κ2) is 6.91. The van der Waals surface area contributed by atoms with Gasteiger partial charge in [0, 0.05) is 19.6 Å². The first kappa shape index (κ1) is 16.9. The molecular formula is C20H25NO3. The summed E-state index contributed by atoms with van der Waals surface area (Å²) in [6.07, 6.45) is 1.02. The van der Waals surface area contributed by atoms with Crippen LogP contribution in [0.5, 0.6) is 0 Å². The maximum Gasteiger partial charge on any atom is 0.313 e. The van der Waals surface area contributed by atoms with Crippen LogP contribution in [0, 0.1) is 5.41 Å². The highest BCUT2D eigenvalue weighted by molar-refractivity contribution is 5.83. The van der Waals surface area contributed by atoms with Crippen molar-refractivity contribution < 1.29 is 15.0 Å². The largest absolute Gasteiger partial charge is 0.481 e. The predicted molar refractivity (Wildman–Crippen MR) is 94.8 cm³/mol. The Balaban J connectivity index is 1.80. The molecule has 1 aliphatic heterocycles. The van der Waals surface area contributed by atoms with Crippen LogP contribution < -0.4 is 0 Å². The zero-order valence-electron chi connectivity index (χ0n) is 14.1. The third-order valence-electron chi connectivity index (χ3n) is 5.20. The molecule has 24 heavy (non-hydrogen) atoms. The van der Waals surface area contributed by atoms with Crippen molar-refractivity contribution in [3.63, 3.8) is 0 Å². The van der Waals surface area contributed by atoms with E-state index in [0.29, 0.717) is 19.4 Å². The number of carboxylic acids is 1. The van der Waals surface area contributed by atoms with E-state index in [4.69, 9.17) is 0 Å². The van der Waals surface area contributed by atoms with Gasteiger partial charge in [-0.2, -0.15) is 0 Å². The van der Waals surface area contributed by atoms with Gasteiger partial charge in [0.1, 0.15) is 5.41 Å². The Hall–Kier alpha value is -1.91. The minimum atomic E-state index is -1.04. The molecule has 0 radical (unpaired) electrons. The summed E-state index contributed by atoms with van der Waals surface area (Å²) in [6, 6.07) is 14.6. The zero-order valence-corrected chi connectivity index (χ0v) is 14.1. The summed E-state index contributed by atoms with van der Waals surface area (Å²) in [5, 5.41) is 22.5. The van der Waals surface area contributed by atoms with Crippen LogP contribution in [0.1, 0.15) is 31.7 Å². The average Bonchev–Trinajstić information content (AvgIpc) is 2.58. The Labute approximate surface area is 142 Å². The van der Waals surface area contributed by atoms with E-state index in [1.807, 2.05) is 19.1 Å². The van der Waals surface area contributed by atoms with Gasteiger partial charge in [-0.1, -0.05) is 49.7 Å². The van der Waals surface area contributed by atoms with Crippen LogP contribution in [0.2, 0.25) is 0 Å². The topological polar surface area (TPSA) is 60.8 Å². The van der Waals surface area contributed by atoms with Crippen LogP contribution in [0.25, 0.3) is 10.8 Å². The van der Waals surface area contributed by atoms with Crippen molar-refractivity contribution >= 4 is 16.7 Å². The van der Waals surface area contributed by atoms with E-state index in [0.717, 1.165) is 19.5 Å². The highest BCUT2D eigenvalue weighted by Gasteiger charge is 2.48. The monoisotopic (exact) mass is 327 g/mol. The van der Waals surface area contributed by atoms with Gasteiger partial charge in [-0.15, -0.1) is 0 Å². The molecule has 0 aromatic heterocycles. The normalized spacial score (nSPS) is 25.0. The highest BCUT2D eigenvalue weighted by atomic mass is 16.4. The van der Waals surface area contributed by atoms with Gasteiger partial charge in [0.05, 0.1) is 6.10 Å². The number of fused-ring (bicyclic) bond motifs is 1. The van der Waals surface area contributed by atoms with Gasteiger partial charge in [-0.3, -0.25) is 9.69 Å². The molecule has 1 fully saturated rings. The first-order valence-electron chi connectivity index (χ1n) is 8.66. The smallest absolute Gasteiger partial charge is 0.313 e. The quantitative estimate of drug-likeness (QED) is 0.885. The van der Waals surface area contributed by atoms with Crippen molar-refractivity contribution in [2.45, 2.75) is 38.8 Å². The maximum atomic E-state index is 11.9. The fraction of sp³-hybridized carbons (Fsp3) is 0.450. The van der Waals surface area contributed by atoms with E-state index in [-0.39, 0.29) is 0 Å². The van der Waals surface area contributed by atoms with Crippen LogP contribution in [-0.2, 0) is 11.3 Å². The van der Waals surface area contributed by atoms with E-state index >= 15 is 0 Å². The molecule has 0 aliphatic carbocycles. The molecule has 1 aliphatic rings. The molecule has 0 saturated carbocycles. The molecule has 3 rings (SSSR count). The second-order valence-electron chi connectivity index (χ2n) is 6.91. The molecule has 2 aromatic carbocycles. The minimum absolute atomic E-state index is 0.407. The Morgan fingerprint density at radius 2 is 2.00 bits per heavy atom. The predicted octanol–water partition coefficient (Wildman–Crippen LogP) is 3.28. The Kier molecular flexibility index (Phi) is 4.88. The average molecular weight is 327 g/mol. The molecule has 2 atom stereocenters. The van der Waals surface area contributed by atoms with Crippen molar-refractivity contribution in [1.82, 2.24) is 4.90 Å². The van der Waals surface area contributed by atoms with Gasteiger partial charge in [-0.25, -0.2) is 0 Å². The minimum Gasteiger partial charge on any atom is -0.481 e. The number of piperidine rings is 1. The molecule has 4 heteroatoms. The van der Waals surface area contributed by atoms with Gasteiger partial charge in [0.2, 0.25) is 0 Å². The molecule has 128 valence electrons. The van der Waals surface area contributed by atoms with Gasteiger partial charge in [0.15, 0.2) is 0 Å². The number of nitrogens with zero attached hydrogens (tertiary/aromatic N) is 1. The molecule has 0 spiro atoms. The number of rotatable bonds is 5. The summed E-state index contributed by atoms with van der Waals surface area (Å²) in [7, 11) is 0. The number of hydrogen-bond acceptors (Lipinski definition) is 3. The van der Waals surface area contributed by atoms with Crippen LogP contribution in [0.15, 0.2) is 42.5 Å². The molecule has 0 bridgehead atoms. The van der Waals surface area contributed by atoms with Crippen LogP contribution in [-0.4, -0.2) is 40.3 Å². The number of carboxylic acid groups (broad SMARTS) is 1. The summed E-state index contributed by atoms with van der Waals surface area (Å²) in [4.78, 5) is 14.0. The number of carbonyl (C=O) groups is 1. The number of benzene rings is 2. The van der Waals surface area contributed by atoms with Crippen molar-refractivity contribution in [3.05, 3.63) is 48.0 Å². The molecule has 0 amide bonds. The van der Waals surface area contributed by atoms with Crippen molar-refractivity contribution in [2.24, 2.45) is 5.41 Å². The molecule has 1 heterocycles. The lowest BCUT2D eigenvalue weighted by Crippen LogP contribution is -2.55. The fourth-order valence-corrected chi connectivity index (χ4v) is 3.90. The summed E-state index contributed by atoms with van der Waals surface area (Å²) in [6.45, 7) is 3.83. The lowest BCUT2D eigenvalue weighted by atomic mass is 9.74. The SMILES string of the molecule is CCC[C@@]1(C(=O)O)CN(Cc2ccc3ccccc3c2)CC[C@@H]1O. The number of aliphatic hydroxyl groups excluding tert-OH is 1. The Morgan fingerprint density at radius 3 is 2.71 bits per heavy atom. The summed E-state index contributed by atoms with van der Waals surface area (Å²) in [5.41, 5.74) is 0.144. The number of hydrogen-bond donors (Lipinski definition) is 2. The first-order chi connectivity index (χ1) is 11.5. The van der Waals surface area contributed by atoms with Gasteiger partial charge < -0.3 is 10.2 Å². The maximum absolute atomic E-state index is 11.9. The number of aliphatic hydroxyl groups is 1. The number of aliphatic carboxylic acids is 1. The Morgan fingerprint density at radius 1 is 1.25 bits per heavy atom. The van der Waals surface area contributed by atoms with E-state index in [9.17, 15) is 15.0 Å². The second-order valence-corrected chi connectivity index (χ2v) is 6.91. The third-order valence-corrected chi connectivity index (χ3v) is 5.20. The fourth-order valence-electron chi connectivity index (χ4n) is 3.90. The Bertz CT molecular complexity index is 730. The van der Waals surface area contributed by atoms with Gasteiger partial charge >= 0.3 is 5.97 Å². The zero-order chi connectivity index (χ0) is 17.2. The van der Waals surface area contributed by atoms with Crippen molar-refractivity contribution in [3.8, 4) is 0 Å². The van der Waals surface area contributed by atoms with Crippen LogP contribution in [0.4, 0.5) is 0 Å². The summed E-state index contributed by atoms with van der Waals surface area (Å²) < 4.78 is 0. The highest BCUT2D eigenvalue weighted by Crippen LogP contribution is 2.36. The van der Waals surface area contributed by atoms with E-state index in [2.05, 4.69) is 35.2 Å². The molecular weight excluding hydrogens is 302 g/mol. The molecule has 1 saturated heterocycles. The molecule has 2 N–H and O–H groups in total. The summed E-state index contributed by atoms with van der Waals surface area (Å²) in [5.74, 6) is -0.875. The van der Waals surface area contributed by atoms with Crippen LogP contribution in [0.3, 0.4) is 0 Å². The lowest BCUT2D eigenvalue weighted by Gasteiger charge is -2.43. The van der Waals surface area contributed by atoms with Gasteiger partial charge in [-0.05, 0) is 35.2 Å².